The van der Waals surface area contributed by atoms with Gasteiger partial charge in [0.15, 0.2) is 5.78 Å². The smallest absolute Gasteiger partial charge is 0.167 e. The summed E-state index contributed by atoms with van der Waals surface area (Å²) >= 11 is 3.57. The van der Waals surface area contributed by atoms with Gasteiger partial charge in [-0.2, -0.15) is 0 Å². The minimum absolute atomic E-state index is 0.258. The summed E-state index contributed by atoms with van der Waals surface area (Å²) in [5, 5.41) is 0. The summed E-state index contributed by atoms with van der Waals surface area (Å²) in [6.07, 6.45) is 5.89. The Balaban J connectivity index is 0.000000815. The van der Waals surface area contributed by atoms with Gasteiger partial charge in [0, 0.05) is 47.6 Å². The van der Waals surface area contributed by atoms with Gasteiger partial charge >= 0.3 is 0 Å². The van der Waals surface area contributed by atoms with E-state index in [0.29, 0.717) is 11.2 Å². The third-order valence-electron chi connectivity index (χ3n) is 5.50. The standard InChI is InChI=1S/C18H20BrNO2.C2H6/c19-16-9-13(3-4-15(16)17(22)12-1-2-12)20-7-5-18(6-8-20)10-14(21)11-18;1-2/h3-4,9,12H,1-2,5-8,10-11H2;1-2H3. The molecule has 130 valence electrons. The van der Waals surface area contributed by atoms with Gasteiger partial charge in [-0.15, -0.1) is 0 Å². The van der Waals surface area contributed by atoms with Gasteiger partial charge in [0.2, 0.25) is 0 Å². The number of nitrogens with zero attached hydrogens (tertiary/aromatic N) is 1. The van der Waals surface area contributed by atoms with Crippen molar-refractivity contribution < 1.29 is 9.59 Å². The first-order valence-electron chi connectivity index (χ1n) is 9.17. The summed E-state index contributed by atoms with van der Waals surface area (Å²) in [5.41, 5.74) is 2.32. The maximum absolute atomic E-state index is 12.2. The van der Waals surface area contributed by atoms with E-state index in [4.69, 9.17) is 0 Å². The van der Waals surface area contributed by atoms with E-state index in [1.807, 2.05) is 19.9 Å². The maximum Gasteiger partial charge on any atom is 0.167 e. The molecular formula is C20H26BrNO2. The molecule has 0 atom stereocenters. The molecular weight excluding hydrogens is 366 g/mol. The zero-order valence-electron chi connectivity index (χ0n) is 14.6. The third kappa shape index (κ3) is 3.44. The van der Waals surface area contributed by atoms with Crippen molar-refractivity contribution in [3.63, 3.8) is 0 Å². The van der Waals surface area contributed by atoms with Gasteiger partial charge < -0.3 is 4.90 Å². The lowest BCUT2D eigenvalue weighted by Crippen LogP contribution is -2.47. The number of Topliss-reactive ketones (excluding diaryl/α,β-unsaturated/α-hetero) is 2. The predicted octanol–water partition coefficient (Wildman–Crippen LogP) is 5.02. The highest BCUT2D eigenvalue weighted by molar-refractivity contribution is 9.10. The van der Waals surface area contributed by atoms with E-state index in [1.165, 1.54) is 5.69 Å². The first-order chi connectivity index (χ1) is 11.6. The lowest BCUT2D eigenvalue weighted by molar-refractivity contribution is -0.133. The topological polar surface area (TPSA) is 37.4 Å². The average Bonchev–Trinajstić information content (AvgIpc) is 3.40. The van der Waals surface area contributed by atoms with Crippen LogP contribution < -0.4 is 4.90 Å². The minimum Gasteiger partial charge on any atom is -0.371 e. The maximum atomic E-state index is 12.2. The second-order valence-corrected chi connectivity index (χ2v) is 8.04. The first kappa shape index (κ1) is 17.7. The molecule has 1 aliphatic heterocycles. The number of hydrogen-bond acceptors (Lipinski definition) is 3. The van der Waals surface area contributed by atoms with Gasteiger partial charge in [-0.1, -0.05) is 13.8 Å². The Morgan fingerprint density at radius 3 is 2.29 bits per heavy atom. The predicted molar refractivity (Wildman–Crippen MR) is 101 cm³/mol. The Kier molecular flexibility index (Phi) is 5.14. The second kappa shape index (κ2) is 6.99. The van der Waals surface area contributed by atoms with Crippen molar-refractivity contribution in [3.05, 3.63) is 28.2 Å². The molecule has 0 radical (unpaired) electrons. The van der Waals surface area contributed by atoms with Crippen LogP contribution in [-0.4, -0.2) is 24.7 Å². The van der Waals surface area contributed by atoms with E-state index in [-0.39, 0.29) is 11.7 Å². The van der Waals surface area contributed by atoms with Crippen LogP contribution in [0.2, 0.25) is 0 Å². The average molecular weight is 392 g/mol. The van der Waals surface area contributed by atoms with Gasteiger partial charge in [0.25, 0.3) is 0 Å². The molecule has 3 nitrogen and oxygen atoms in total. The molecule has 2 aliphatic carbocycles. The molecule has 1 saturated heterocycles. The highest BCUT2D eigenvalue weighted by Crippen LogP contribution is 2.47. The fraction of sp³-hybridized carbons (Fsp3) is 0.600. The summed E-state index contributed by atoms with van der Waals surface area (Å²) in [4.78, 5) is 25.9. The van der Waals surface area contributed by atoms with Crippen molar-refractivity contribution in [2.75, 3.05) is 18.0 Å². The van der Waals surface area contributed by atoms with Crippen LogP contribution >= 0.6 is 15.9 Å². The fourth-order valence-electron chi connectivity index (χ4n) is 3.84. The summed E-state index contributed by atoms with van der Waals surface area (Å²) < 4.78 is 0.918. The SMILES string of the molecule is CC.O=C1CC2(CCN(c3ccc(C(=O)C4CC4)c(Br)c3)CC2)C1. The summed E-state index contributed by atoms with van der Waals surface area (Å²) in [5.74, 6) is 0.969. The van der Waals surface area contributed by atoms with Gasteiger partial charge in [-0.25, -0.2) is 0 Å². The molecule has 4 heteroatoms. The Bertz CT molecular complexity index is 633. The Labute approximate surface area is 152 Å². The molecule has 1 aromatic carbocycles. The molecule has 0 aromatic heterocycles. The van der Waals surface area contributed by atoms with Crippen molar-refractivity contribution in [1.29, 1.82) is 0 Å². The lowest BCUT2D eigenvalue weighted by atomic mass is 9.62. The monoisotopic (exact) mass is 391 g/mol. The molecule has 0 unspecified atom stereocenters. The molecule has 3 aliphatic rings. The number of hydrogen-bond donors (Lipinski definition) is 0. The molecule has 2 saturated carbocycles. The van der Waals surface area contributed by atoms with Crippen LogP contribution in [0.25, 0.3) is 0 Å². The van der Waals surface area contributed by atoms with Crippen molar-refractivity contribution >= 4 is 33.2 Å². The molecule has 24 heavy (non-hydrogen) atoms. The first-order valence-corrected chi connectivity index (χ1v) is 9.96. The summed E-state index contributed by atoms with van der Waals surface area (Å²) in [6.45, 7) is 6.02. The number of piperidine rings is 1. The van der Waals surface area contributed by atoms with Crippen molar-refractivity contribution in [2.24, 2.45) is 11.3 Å². The largest absolute Gasteiger partial charge is 0.371 e. The second-order valence-electron chi connectivity index (χ2n) is 7.18. The van der Waals surface area contributed by atoms with Crippen LogP contribution in [0.1, 0.15) is 62.7 Å². The van der Waals surface area contributed by atoms with Crippen LogP contribution in [0.4, 0.5) is 5.69 Å². The number of ketones is 2. The zero-order chi connectivity index (χ0) is 17.3. The minimum atomic E-state index is 0.258. The van der Waals surface area contributed by atoms with E-state index in [1.54, 1.807) is 0 Å². The van der Waals surface area contributed by atoms with Crippen LogP contribution in [0.15, 0.2) is 22.7 Å². The number of benzene rings is 1. The van der Waals surface area contributed by atoms with E-state index in [0.717, 1.165) is 61.7 Å². The molecule has 1 aromatic rings. The molecule has 4 rings (SSSR count). The Morgan fingerprint density at radius 2 is 1.79 bits per heavy atom. The quantitative estimate of drug-likeness (QED) is 0.678. The van der Waals surface area contributed by atoms with Gasteiger partial charge in [0.05, 0.1) is 0 Å². The van der Waals surface area contributed by atoms with E-state index < -0.39 is 0 Å². The summed E-state index contributed by atoms with van der Waals surface area (Å²) in [7, 11) is 0. The highest BCUT2D eigenvalue weighted by Gasteiger charge is 2.45. The van der Waals surface area contributed by atoms with Crippen LogP contribution in [-0.2, 0) is 4.79 Å². The van der Waals surface area contributed by atoms with Gasteiger partial charge in [0.1, 0.15) is 5.78 Å². The Morgan fingerprint density at radius 1 is 1.17 bits per heavy atom. The van der Waals surface area contributed by atoms with E-state index >= 15 is 0 Å². The number of carbonyl (C=O) groups excluding carboxylic acids is 2. The van der Waals surface area contributed by atoms with E-state index in [2.05, 4.69) is 33.0 Å². The van der Waals surface area contributed by atoms with Crippen LogP contribution in [0.3, 0.4) is 0 Å². The third-order valence-corrected chi connectivity index (χ3v) is 6.16. The molecule has 0 bridgehead atoms. The summed E-state index contributed by atoms with van der Waals surface area (Å²) in [6, 6.07) is 6.13. The van der Waals surface area contributed by atoms with Crippen molar-refractivity contribution in [2.45, 2.75) is 52.4 Å². The molecule has 1 heterocycles. The van der Waals surface area contributed by atoms with Crippen LogP contribution in [0, 0.1) is 11.3 Å². The molecule has 0 N–H and O–H groups in total. The van der Waals surface area contributed by atoms with Crippen LogP contribution in [0.5, 0.6) is 0 Å². The molecule has 0 amide bonds. The van der Waals surface area contributed by atoms with Crippen molar-refractivity contribution in [3.8, 4) is 0 Å². The number of rotatable bonds is 3. The number of anilines is 1. The number of carbonyl (C=O) groups is 2. The number of halogens is 1. The molecule has 3 fully saturated rings. The normalized spacial score (nSPS) is 21.8. The highest BCUT2D eigenvalue weighted by atomic mass is 79.9. The zero-order valence-corrected chi connectivity index (χ0v) is 16.2. The molecule has 1 spiro atoms. The van der Waals surface area contributed by atoms with E-state index in [9.17, 15) is 9.59 Å². The van der Waals surface area contributed by atoms with Gasteiger partial charge in [-0.3, -0.25) is 9.59 Å². The fourth-order valence-corrected chi connectivity index (χ4v) is 4.41. The lowest BCUT2D eigenvalue weighted by Gasteiger charge is -2.47. The van der Waals surface area contributed by atoms with Gasteiger partial charge in [-0.05, 0) is 65.2 Å². The van der Waals surface area contributed by atoms with Crippen molar-refractivity contribution in [1.82, 2.24) is 0 Å². The Hall–Kier alpha value is -1.16.